The first-order valence-corrected chi connectivity index (χ1v) is 7.07. The summed E-state index contributed by atoms with van der Waals surface area (Å²) in [6.07, 6.45) is 1.22. The quantitative estimate of drug-likeness (QED) is 0.846. The molecule has 0 saturated carbocycles. The molecule has 0 radical (unpaired) electrons. The monoisotopic (exact) mass is 282 g/mol. The Morgan fingerprint density at radius 3 is 2.90 bits per heavy atom. The summed E-state index contributed by atoms with van der Waals surface area (Å²) >= 11 is 0. The van der Waals surface area contributed by atoms with E-state index in [1.807, 2.05) is 6.07 Å². The van der Waals surface area contributed by atoms with Gasteiger partial charge in [0.1, 0.15) is 18.2 Å². The fourth-order valence-corrected chi connectivity index (χ4v) is 2.74. The van der Waals surface area contributed by atoms with Crippen LogP contribution in [0.2, 0.25) is 0 Å². The molecule has 1 unspecified atom stereocenters. The van der Waals surface area contributed by atoms with E-state index >= 15 is 0 Å². The molecule has 3 rings (SSSR count). The summed E-state index contributed by atoms with van der Waals surface area (Å²) in [5.74, 6) is 0.472. The van der Waals surface area contributed by atoms with Gasteiger partial charge in [-0.3, -0.25) is 4.90 Å². The molecule has 0 amide bonds. The number of rotatable bonds is 1. The molecule has 2 heterocycles. The van der Waals surface area contributed by atoms with Gasteiger partial charge in [0, 0.05) is 25.2 Å². The number of nitrogens with two attached hydrogens (primary N) is 1. The van der Waals surface area contributed by atoms with Gasteiger partial charge in [0.2, 0.25) is 0 Å². The highest BCUT2D eigenvalue weighted by atomic mass is 19.1. The highest BCUT2D eigenvalue weighted by molar-refractivity contribution is 5.36. The molecule has 1 aromatic rings. The Labute approximate surface area is 119 Å². The SMILES string of the molecule is CN.C[C@@H]1CN(C2COc3cc(F)ccc3C2)CCO1. The van der Waals surface area contributed by atoms with Crippen molar-refractivity contribution in [1.82, 2.24) is 4.90 Å². The number of hydrogen-bond acceptors (Lipinski definition) is 4. The molecule has 112 valence electrons. The van der Waals surface area contributed by atoms with Crippen LogP contribution < -0.4 is 10.5 Å². The summed E-state index contributed by atoms with van der Waals surface area (Å²) in [6, 6.07) is 5.20. The summed E-state index contributed by atoms with van der Waals surface area (Å²) < 4.78 is 24.3. The van der Waals surface area contributed by atoms with E-state index < -0.39 is 0 Å². The Morgan fingerprint density at radius 1 is 1.35 bits per heavy atom. The summed E-state index contributed by atoms with van der Waals surface area (Å²) in [5, 5.41) is 0. The van der Waals surface area contributed by atoms with Gasteiger partial charge in [-0.1, -0.05) is 6.07 Å². The Morgan fingerprint density at radius 2 is 2.15 bits per heavy atom. The highest BCUT2D eigenvalue weighted by Gasteiger charge is 2.28. The van der Waals surface area contributed by atoms with Crippen LogP contribution >= 0.6 is 0 Å². The zero-order valence-corrected chi connectivity index (χ0v) is 12.1. The van der Waals surface area contributed by atoms with E-state index in [0.717, 1.165) is 31.7 Å². The van der Waals surface area contributed by atoms with E-state index in [1.54, 1.807) is 0 Å². The Balaban J connectivity index is 0.000000704. The van der Waals surface area contributed by atoms with Crippen LogP contribution in [0, 0.1) is 5.82 Å². The van der Waals surface area contributed by atoms with Gasteiger partial charge in [-0.05, 0) is 32.0 Å². The average molecular weight is 282 g/mol. The van der Waals surface area contributed by atoms with E-state index in [-0.39, 0.29) is 11.9 Å². The number of fused-ring (bicyclic) bond motifs is 1. The third-order valence-electron chi connectivity index (χ3n) is 3.70. The van der Waals surface area contributed by atoms with E-state index in [2.05, 4.69) is 17.6 Å². The van der Waals surface area contributed by atoms with Crippen molar-refractivity contribution in [3.63, 3.8) is 0 Å². The van der Waals surface area contributed by atoms with Crippen LogP contribution in [0.15, 0.2) is 18.2 Å². The van der Waals surface area contributed by atoms with Gasteiger partial charge in [-0.2, -0.15) is 0 Å². The fraction of sp³-hybridized carbons (Fsp3) is 0.600. The molecule has 0 aromatic heterocycles. The standard InChI is InChI=1S/C14H18FNO2.CH5N/c1-10-8-16(4-5-17-10)13-6-11-2-3-12(15)7-14(11)18-9-13;1-2/h2-3,7,10,13H,4-6,8-9H2,1H3;2H2,1H3/t10-,13?;/m1./s1. The van der Waals surface area contributed by atoms with Gasteiger partial charge >= 0.3 is 0 Å². The molecule has 2 aliphatic heterocycles. The van der Waals surface area contributed by atoms with Crippen LogP contribution in [0.4, 0.5) is 4.39 Å². The van der Waals surface area contributed by atoms with Crippen molar-refractivity contribution < 1.29 is 13.9 Å². The molecule has 2 aliphatic rings. The van der Waals surface area contributed by atoms with Crippen molar-refractivity contribution in [2.45, 2.75) is 25.5 Å². The third-order valence-corrected chi connectivity index (χ3v) is 3.70. The van der Waals surface area contributed by atoms with Crippen molar-refractivity contribution in [3.8, 4) is 5.75 Å². The lowest BCUT2D eigenvalue weighted by Crippen LogP contribution is -2.50. The zero-order chi connectivity index (χ0) is 14.5. The first kappa shape index (κ1) is 15.2. The number of ether oxygens (including phenoxy) is 2. The number of morpholine rings is 1. The minimum atomic E-state index is -0.229. The molecular formula is C15H23FN2O2. The van der Waals surface area contributed by atoms with E-state index in [0.29, 0.717) is 18.4 Å². The summed E-state index contributed by atoms with van der Waals surface area (Å²) in [4.78, 5) is 2.42. The van der Waals surface area contributed by atoms with Gasteiger partial charge in [0.15, 0.2) is 0 Å². The number of benzene rings is 1. The second-order valence-corrected chi connectivity index (χ2v) is 5.10. The molecule has 2 N–H and O–H groups in total. The lowest BCUT2D eigenvalue weighted by molar-refractivity contribution is -0.0425. The van der Waals surface area contributed by atoms with Crippen LogP contribution in [-0.4, -0.2) is 50.4 Å². The molecule has 4 nitrogen and oxygen atoms in total. The largest absolute Gasteiger partial charge is 0.492 e. The van der Waals surface area contributed by atoms with Crippen LogP contribution in [-0.2, 0) is 11.2 Å². The van der Waals surface area contributed by atoms with Crippen LogP contribution in [0.25, 0.3) is 0 Å². The molecule has 1 saturated heterocycles. The fourth-order valence-electron chi connectivity index (χ4n) is 2.74. The van der Waals surface area contributed by atoms with E-state index in [1.165, 1.54) is 19.2 Å². The van der Waals surface area contributed by atoms with Crippen molar-refractivity contribution >= 4 is 0 Å². The van der Waals surface area contributed by atoms with Crippen molar-refractivity contribution in [2.24, 2.45) is 5.73 Å². The normalized spacial score (nSPS) is 26.0. The minimum absolute atomic E-state index is 0.229. The maximum atomic E-state index is 13.1. The van der Waals surface area contributed by atoms with Gasteiger partial charge < -0.3 is 15.2 Å². The van der Waals surface area contributed by atoms with Gasteiger partial charge in [0.05, 0.1) is 12.7 Å². The Hall–Kier alpha value is -1.17. The maximum Gasteiger partial charge on any atom is 0.126 e. The average Bonchev–Trinajstić information content (AvgIpc) is 2.49. The first-order valence-electron chi connectivity index (χ1n) is 7.07. The molecule has 5 heteroatoms. The van der Waals surface area contributed by atoms with Crippen LogP contribution in [0.3, 0.4) is 0 Å². The van der Waals surface area contributed by atoms with Crippen molar-refractivity contribution in [1.29, 1.82) is 0 Å². The molecular weight excluding hydrogens is 259 g/mol. The third kappa shape index (κ3) is 3.48. The molecule has 2 atom stereocenters. The molecule has 0 bridgehead atoms. The molecule has 1 fully saturated rings. The smallest absolute Gasteiger partial charge is 0.126 e. The van der Waals surface area contributed by atoms with Gasteiger partial charge in [0.25, 0.3) is 0 Å². The predicted octanol–water partition coefficient (Wildman–Crippen LogP) is 1.42. The maximum absolute atomic E-state index is 13.1. The molecule has 20 heavy (non-hydrogen) atoms. The lowest BCUT2D eigenvalue weighted by atomic mass is 10.0. The van der Waals surface area contributed by atoms with Crippen LogP contribution in [0.1, 0.15) is 12.5 Å². The highest BCUT2D eigenvalue weighted by Crippen LogP contribution is 2.27. The second-order valence-electron chi connectivity index (χ2n) is 5.10. The Bertz CT molecular complexity index is 442. The van der Waals surface area contributed by atoms with Gasteiger partial charge in [-0.15, -0.1) is 0 Å². The second kappa shape index (κ2) is 7.02. The summed E-state index contributed by atoms with van der Waals surface area (Å²) in [5.41, 5.74) is 5.60. The van der Waals surface area contributed by atoms with E-state index in [4.69, 9.17) is 9.47 Å². The number of nitrogens with zero attached hydrogens (tertiary/aromatic N) is 1. The van der Waals surface area contributed by atoms with Gasteiger partial charge in [-0.25, -0.2) is 4.39 Å². The first-order chi connectivity index (χ1) is 9.72. The minimum Gasteiger partial charge on any atom is -0.492 e. The predicted molar refractivity (Wildman–Crippen MR) is 76.5 cm³/mol. The molecule has 0 spiro atoms. The topological polar surface area (TPSA) is 47.7 Å². The van der Waals surface area contributed by atoms with Crippen molar-refractivity contribution in [3.05, 3.63) is 29.6 Å². The van der Waals surface area contributed by atoms with Crippen LogP contribution in [0.5, 0.6) is 5.75 Å². The van der Waals surface area contributed by atoms with E-state index in [9.17, 15) is 4.39 Å². The zero-order valence-electron chi connectivity index (χ0n) is 12.1. The lowest BCUT2D eigenvalue weighted by Gasteiger charge is -2.39. The Kier molecular flexibility index (Phi) is 5.34. The number of halogens is 1. The molecule has 0 aliphatic carbocycles. The summed E-state index contributed by atoms with van der Waals surface area (Å²) in [7, 11) is 1.50. The van der Waals surface area contributed by atoms with Crippen molar-refractivity contribution in [2.75, 3.05) is 33.4 Å². The number of hydrogen-bond donors (Lipinski definition) is 1. The molecule has 1 aromatic carbocycles. The summed E-state index contributed by atoms with van der Waals surface area (Å²) in [6.45, 7) is 5.43.